The van der Waals surface area contributed by atoms with Gasteiger partial charge in [0.05, 0.1) is 31.9 Å². The zero-order valence-electron chi connectivity index (χ0n) is 51.0. The van der Waals surface area contributed by atoms with Crippen LogP contribution in [0.5, 0.6) is 5.88 Å². The van der Waals surface area contributed by atoms with Crippen molar-refractivity contribution in [3.63, 3.8) is 0 Å². The minimum atomic E-state index is -0.806. The van der Waals surface area contributed by atoms with Crippen molar-refractivity contribution in [3.8, 4) is 5.88 Å². The Morgan fingerprint density at radius 1 is 0.513 bits per heavy atom. The lowest BCUT2D eigenvalue weighted by Gasteiger charge is -2.36. The van der Waals surface area contributed by atoms with Crippen molar-refractivity contribution >= 4 is 41.2 Å². The van der Waals surface area contributed by atoms with Gasteiger partial charge in [0.2, 0.25) is 6.73 Å². The Morgan fingerprint density at radius 3 is 1.38 bits per heavy atom. The third-order valence-corrected chi connectivity index (χ3v) is 16.1. The molecule has 0 amide bonds. The van der Waals surface area contributed by atoms with Gasteiger partial charge in [-0.1, -0.05) is 258 Å². The van der Waals surface area contributed by atoms with Crippen LogP contribution in [0.25, 0.3) is 5.57 Å². The van der Waals surface area contributed by atoms with E-state index in [9.17, 15) is 19.2 Å². The molecule has 2 atom stereocenters. The number of quaternary nitrogens is 1. The number of carbonyl (C=O) groups is 4. The lowest BCUT2D eigenvalue weighted by Crippen LogP contribution is -2.49. The number of nitrogens with zero attached hydrogens (tertiary/aromatic N) is 3. The molecule has 0 fully saturated rings. The summed E-state index contributed by atoms with van der Waals surface area (Å²) in [5.74, 6) is -0.151. The first-order valence-corrected chi connectivity index (χ1v) is 33.5. The summed E-state index contributed by atoms with van der Waals surface area (Å²) in [5.41, 5.74) is 1.95. The summed E-state index contributed by atoms with van der Waals surface area (Å²) in [5, 5.41) is 0. The van der Waals surface area contributed by atoms with Crippen LogP contribution in [0.3, 0.4) is 0 Å². The molecule has 12 nitrogen and oxygen atoms in total. The molecule has 1 aliphatic heterocycles. The van der Waals surface area contributed by atoms with Gasteiger partial charge in [0.1, 0.15) is 25.5 Å². The summed E-state index contributed by atoms with van der Waals surface area (Å²) in [7, 11) is 2.14. The van der Waals surface area contributed by atoms with Crippen LogP contribution in [-0.2, 0) is 38.1 Å². The molecule has 0 saturated heterocycles. The molecule has 452 valence electrons. The van der Waals surface area contributed by atoms with E-state index < -0.39 is 6.10 Å². The molecular formula is C65H118N3O9S+. The molecule has 1 aromatic heterocycles. The smallest absolute Gasteiger partial charge is 0.310 e. The summed E-state index contributed by atoms with van der Waals surface area (Å²) in [4.78, 5) is 51.3. The number of carbonyl (C=O) groups excluding carboxylic acids is 4. The molecule has 78 heavy (non-hydrogen) atoms. The van der Waals surface area contributed by atoms with Gasteiger partial charge in [0.15, 0.2) is 6.10 Å². The molecular weight excluding hydrogens is 999 g/mol. The summed E-state index contributed by atoms with van der Waals surface area (Å²) in [6.07, 6.45) is 50.0. The second-order valence-electron chi connectivity index (χ2n) is 23.6. The van der Waals surface area contributed by atoms with E-state index >= 15 is 0 Å². The van der Waals surface area contributed by atoms with Gasteiger partial charge in [0, 0.05) is 37.7 Å². The summed E-state index contributed by atoms with van der Waals surface area (Å²) in [6, 6.07) is 0. The van der Waals surface area contributed by atoms with Crippen LogP contribution in [0.15, 0.2) is 6.08 Å². The maximum atomic E-state index is 13.0. The van der Waals surface area contributed by atoms with E-state index in [-0.39, 0.29) is 49.4 Å². The minimum absolute atomic E-state index is 0.0977. The molecule has 0 bridgehead atoms. The first kappa shape index (κ1) is 71.0. The van der Waals surface area contributed by atoms with E-state index in [1.54, 1.807) is 0 Å². The van der Waals surface area contributed by atoms with E-state index in [4.69, 9.17) is 23.7 Å². The molecule has 0 N–H and O–H groups in total. The highest BCUT2D eigenvalue weighted by atomic mass is 32.1. The maximum Gasteiger partial charge on any atom is 0.310 e. The average Bonchev–Trinajstić information content (AvgIpc) is 3.92. The van der Waals surface area contributed by atoms with Crippen molar-refractivity contribution in [3.05, 3.63) is 11.8 Å². The van der Waals surface area contributed by atoms with Crippen molar-refractivity contribution in [1.82, 2.24) is 8.75 Å². The molecule has 0 spiro atoms. The lowest BCUT2D eigenvalue weighted by atomic mass is 9.99. The molecule has 0 aromatic carbocycles. The van der Waals surface area contributed by atoms with Crippen LogP contribution in [0, 0.1) is 5.92 Å². The molecule has 13 heteroatoms. The summed E-state index contributed by atoms with van der Waals surface area (Å²) in [6.45, 7) is 11.3. The van der Waals surface area contributed by atoms with Crippen molar-refractivity contribution in [2.75, 3.05) is 46.7 Å². The van der Waals surface area contributed by atoms with Crippen molar-refractivity contribution in [2.24, 2.45) is 5.92 Å². The van der Waals surface area contributed by atoms with Crippen LogP contribution in [0.1, 0.15) is 316 Å². The van der Waals surface area contributed by atoms with E-state index in [2.05, 4.69) is 49.6 Å². The van der Waals surface area contributed by atoms with Gasteiger partial charge in [-0.15, -0.1) is 4.37 Å². The number of unbranched alkanes of at least 4 members (excludes halogenated alkanes) is 34. The fourth-order valence-electron chi connectivity index (χ4n) is 10.5. The molecule has 0 aliphatic carbocycles. The average molecular weight is 1120 g/mol. The second-order valence-corrected chi connectivity index (χ2v) is 24.2. The first-order valence-electron chi connectivity index (χ1n) is 32.7. The first-order chi connectivity index (χ1) is 38.1. The number of rotatable bonds is 55. The Morgan fingerprint density at radius 2 is 0.923 bits per heavy atom. The predicted octanol–water partition coefficient (Wildman–Crippen LogP) is 18.1. The highest BCUT2D eigenvalue weighted by Gasteiger charge is 2.31. The zero-order valence-corrected chi connectivity index (χ0v) is 51.8. The molecule has 2 heterocycles. The Bertz CT molecular complexity index is 1610. The quantitative estimate of drug-likeness (QED) is 0.0266. The fourth-order valence-corrected chi connectivity index (χ4v) is 11.0. The molecule has 0 saturated carbocycles. The third-order valence-electron chi connectivity index (χ3n) is 15.6. The lowest BCUT2D eigenvalue weighted by molar-refractivity contribution is -0.919. The van der Waals surface area contributed by atoms with Gasteiger partial charge < -0.3 is 23.7 Å². The third kappa shape index (κ3) is 40.2. The van der Waals surface area contributed by atoms with E-state index in [0.29, 0.717) is 43.0 Å². The van der Waals surface area contributed by atoms with Gasteiger partial charge in [-0.3, -0.25) is 23.7 Å². The molecule has 2 unspecified atom stereocenters. The van der Waals surface area contributed by atoms with Crippen molar-refractivity contribution < 1.29 is 47.3 Å². The maximum absolute atomic E-state index is 13.0. The Kier molecular flexibility index (Phi) is 45.3. The van der Waals surface area contributed by atoms with E-state index in [1.165, 1.54) is 153 Å². The molecule has 1 aliphatic rings. The van der Waals surface area contributed by atoms with Crippen molar-refractivity contribution in [2.45, 2.75) is 316 Å². The number of aromatic nitrogens is 2. The normalized spacial score (nSPS) is 14.8. The summed E-state index contributed by atoms with van der Waals surface area (Å²) >= 11 is 1.19. The number of esters is 4. The summed E-state index contributed by atoms with van der Waals surface area (Å²) < 4.78 is 38.4. The SMILES string of the molecule is CCCCCCCCCCCCCCCC(=O)OCC(COC(=O)CCCCCCCCCCCCCCC)OC(=O)CCCCCCCCCCC(C)CC(=O)OC[N+]1(C)CCC=C(c2nsnc2OCCCCCC)C1. The molecule has 1 aromatic rings. The highest BCUT2D eigenvalue weighted by Crippen LogP contribution is 2.30. The fraction of sp³-hybridized carbons (Fsp3) is 0.877. The number of hydrogen-bond acceptors (Lipinski definition) is 12. The van der Waals surface area contributed by atoms with Crippen LogP contribution < -0.4 is 4.74 Å². The zero-order chi connectivity index (χ0) is 56.4. The van der Waals surface area contributed by atoms with E-state index in [1.807, 2.05) is 0 Å². The monoisotopic (exact) mass is 1120 g/mol. The minimum Gasteiger partial charge on any atom is -0.475 e. The van der Waals surface area contributed by atoms with E-state index in [0.717, 1.165) is 140 Å². The molecule has 2 rings (SSSR count). The Hall–Kier alpha value is -3.06. The number of hydrogen-bond donors (Lipinski definition) is 0. The molecule has 0 radical (unpaired) electrons. The highest BCUT2D eigenvalue weighted by molar-refractivity contribution is 6.99. The second kappa shape index (κ2) is 49.7. The van der Waals surface area contributed by atoms with Crippen molar-refractivity contribution in [1.29, 1.82) is 0 Å². The Labute approximate surface area is 481 Å². The topological polar surface area (TPSA) is 140 Å². The van der Waals surface area contributed by atoms with Gasteiger partial charge in [-0.2, -0.15) is 4.37 Å². The van der Waals surface area contributed by atoms with Gasteiger partial charge in [-0.25, -0.2) is 0 Å². The van der Waals surface area contributed by atoms with Crippen LogP contribution in [-0.4, -0.2) is 89.9 Å². The Balaban J connectivity index is 1.60. The van der Waals surface area contributed by atoms with Crippen LogP contribution in [0.4, 0.5) is 0 Å². The number of likely N-dealkylation sites (N-methyl/N-ethyl adjacent to an activating group) is 1. The van der Waals surface area contributed by atoms with Gasteiger partial charge in [0.25, 0.3) is 5.88 Å². The predicted molar refractivity (Wildman–Crippen MR) is 321 cm³/mol. The number of ether oxygens (including phenoxy) is 5. The van der Waals surface area contributed by atoms with Crippen LogP contribution >= 0.6 is 11.7 Å². The van der Waals surface area contributed by atoms with Gasteiger partial charge >= 0.3 is 23.9 Å². The van der Waals surface area contributed by atoms with Gasteiger partial charge in [-0.05, 0) is 31.6 Å². The van der Waals surface area contributed by atoms with Crippen LogP contribution in [0.2, 0.25) is 0 Å². The standard InChI is InChI=1S/C65H118N3O9S/c1-6-9-12-15-17-19-21-23-25-27-32-36-40-47-60(69)74-54-59(55-75-61(70)48-41-37-33-28-26-24-22-20-18-16-13-10-7-2)77-62(71)49-42-38-34-30-29-31-35-39-45-57(4)52-63(72)76-56-68(5)50-44-46-58(53-68)64-65(67-78-66-64)73-51-43-14-11-8-3/h46,57,59H,6-45,47-56H2,1-5H3/q+1. The largest absolute Gasteiger partial charge is 0.475 e.